The van der Waals surface area contributed by atoms with Crippen molar-refractivity contribution >= 4 is 24.0 Å². The van der Waals surface area contributed by atoms with Gasteiger partial charge in [-0.15, -0.1) is 24.0 Å². The van der Waals surface area contributed by atoms with Crippen molar-refractivity contribution < 1.29 is 4.74 Å². The van der Waals surface area contributed by atoms with E-state index in [9.17, 15) is 0 Å². The second-order valence-electron chi connectivity index (χ2n) is 7.70. The SMILES string of the molecule is Cl.ClC(COC1CN2CCC1CC2)(c1ccccc1)C1CCCC1. The summed E-state index contributed by atoms with van der Waals surface area (Å²) in [6.07, 6.45) is 8.09. The number of hydrogen-bond acceptors (Lipinski definition) is 2. The van der Waals surface area contributed by atoms with Gasteiger partial charge in [-0.2, -0.15) is 0 Å². The summed E-state index contributed by atoms with van der Waals surface area (Å²) in [6, 6.07) is 10.7. The molecule has 5 rings (SSSR count). The highest BCUT2D eigenvalue weighted by molar-refractivity contribution is 6.24. The lowest BCUT2D eigenvalue weighted by molar-refractivity contribution is -0.0804. The number of alkyl halides is 1. The summed E-state index contributed by atoms with van der Waals surface area (Å²) >= 11 is 7.25. The smallest absolute Gasteiger partial charge is 0.0955 e. The average molecular weight is 370 g/mol. The molecule has 2 bridgehead atoms. The first kappa shape index (κ1) is 18.5. The van der Waals surface area contributed by atoms with Crippen LogP contribution in [-0.2, 0) is 9.61 Å². The van der Waals surface area contributed by atoms with E-state index in [0.717, 1.165) is 12.5 Å². The Kier molecular flexibility index (Phi) is 6.13. The van der Waals surface area contributed by atoms with E-state index in [1.165, 1.54) is 57.2 Å². The van der Waals surface area contributed by atoms with Gasteiger partial charge in [-0.3, -0.25) is 0 Å². The van der Waals surface area contributed by atoms with Crippen LogP contribution in [0.15, 0.2) is 30.3 Å². The van der Waals surface area contributed by atoms with Gasteiger partial charge in [0.25, 0.3) is 0 Å². The summed E-state index contributed by atoms with van der Waals surface area (Å²) in [7, 11) is 0. The van der Waals surface area contributed by atoms with Crippen LogP contribution in [0.3, 0.4) is 0 Å². The molecule has 4 heteroatoms. The van der Waals surface area contributed by atoms with E-state index >= 15 is 0 Å². The minimum atomic E-state index is -0.343. The van der Waals surface area contributed by atoms with E-state index in [-0.39, 0.29) is 17.3 Å². The Bertz CT molecular complexity index is 512. The topological polar surface area (TPSA) is 12.5 Å². The number of halogens is 2. The monoisotopic (exact) mass is 369 g/mol. The predicted octanol–water partition coefficient (Wildman–Crippen LogP) is 4.84. The van der Waals surface area contributed by atoms with Crippen molar-refractivity contribution in [1.29, 1.82) is 0 Å². The molecule has 24 heavy (non-hydrogen) atoms. The Morgan fingerprint density at radius 3 is 2.29 bits per heavy atom. The summed E-state index contributed by atoms with van der Waals surface area (Å²) in [4.78, 5) is 2.21. The molecule has 0 amide bonds. The zero-order valence-corrected chi connectivity index (χ0v) is 15.9. The van der Waals surface area contributed by atoms with E-state index < -0.39 is 0 Å². The molecule has 1 aromatic carbocycles. The van der Waals surface area contributed by atoms with E-state index in [2.05, 4.69) is 35.2 Å². The molecule has 4 fully saturated rings. The molecule has 2 atom stereocenters. The Hall–Kier alpha value is -0.280. The van der Waals surface area contributed by atoms with Gasteiger partial charge >= 0.3 is 0 Å². The van der Waals surface area contributed by atoms with Gasteiger partial charge < -0.3 is 9.64 Å². The van der Waals surface area contributed by atoms with Crippen LogP contribution in [0.1, 0.15) is 44.1 Å². The molecule has 4 aliphatic rings. The highest BCUT2D eigenvalue weighted by Crippen LogP contribution is 2.46. The number of rotatable bonds is 5. The maximum Gasteiger partial charge on any atom is 0.0955 e. The normalized spacial score (nSPS) is 32.3. The molecule has 134 valence electrons. The fourth-order valence-electron chi connectivity index (χ4n) is 4.86. The van der Waals surface area contributed by atoms with Crippen LogP contribution < -0.4 is 0 Å². The van der Waals surface area contributed by atoms with E-state index in [1.54, 1.807) is 0 Å². The van der Waals surface area contributed by atoms with Gasteiger partial charge in [-0.25, -0.2) is 0 Å². The first-order chi connectivity index (χ1) is 11.3. The highest BCUT2D eigenvalue weighted by Gasteiger charge is 2.42. The third-order valence-electron chi connectivity index (χ3n) is 6.36. The first-order valence-corrected chi connectivity index (χ1v) is 9.72. The van der Waals surface area contributed by atoms with Crippen molar-refractivity contribution in [3.8, 4) is 0 Å². The lowest BCUT2D eigenvalue weighted by atomic mass is 9.83. The lowest BCUT2D eigenvalue weighted by Crippen LogP contribution is -2.52. The molecule has 1 aliphatic carbocycles. The van der Waals surface area contributed by atoms with Gasteiger partial charge in [0.2, 0.25) is 0 Å². The molecule has 2 unspecified atom stereocenters. The molecular formula is C20H29Cl2NO. The van der Waals surface area contributed by atoms with Gasteiger partial charge in [-0.05, 0) is 56.2 Å². The Morgan fingerprint density at radius 1 is 1.04 bits per heavy atom. The fraction of sp³-hybridized carbons (Fsp3) is 0.700. The zero-order valence-electron chi connectivity index (χ0n) is 14.3. The predicted molar refractivity (Wildman–Crippen MR) is 102 cm³/mol. The van der Waals surface area contributed by atoms with Crippen molar-refractivity contribution in [1.82, 2.24) is 4.90 Å². The summed E-state index contributed by atoms with van der Waals surface area (Å²) in [5.41, 5.74) is 1.25. The Balaban J connectivity index is 0.00000169. The van der Waals surface area contributed by atoms with Crippen LogP contribution in [0.4, 0.5) is 0 Å². The maximum atomic E-state index is 7.25. The number of piperidine rings is 3. The lowest BCUT2D eigenvalue weighted by Gasteiger charge is -2.45. The number of benzene rings is 1. The van der Waals surface area contributed by atoms with Crippen LogP contribution >= 0.6 is 24.0 Å². The van der Waals surface area contributed by atoms with Gasteiger partial charge in [0.1, 0.15) is 0 Å². The zero-order chi connectivity index (χ0) is 15.7. The third-order valence-corrected chi connectivity index (χ3v) is 7.00. The van der Waals surface area contributed by atoms with Gasteiger partial charge in [0.05, 0.1) is 17.6 Å². The van der Waals surface area contributed by atoms with Gasteiger partial charge in [-0.1, -0.05) is 43.2 Å². The van der Waals surface area contributed by atoms with Crippen molar-refractivity contribution in [2.24, 2.45) is 11.8 Å². The van der Waals surface area contributed by atoms with Crippen LogP contribution in [0, 0.1) is 11.8 Å². The van der Waals surface area contributed by atoms with Crippen LogP contribution in [0.25, 0.3) is 0 Å². The molecule has 0 radical (unpaired) electrons. The van der Waals surface area contributed by atoms with Crippen molar-refractivity contribution in [3.05, 3.63) is 35.9 Å². The van der Waals surface area contributed by atoms with E-state index in [4.69, 9.17) is 16.3 Å². The first-order valence-electron chi connectivity index (χ1n) is 9.34. The van der Waals surface area contributed by atoms with Crippen molar-refractivity contribution in [2.45, 2.75) is 49.5 Å². The molecule has 0 aromatic heterocycles. The number of ether oxygens (including phenoxy) is 1. The number of fused-ring (bicyclic) bond motifs is 3. The molecule has 3 saturated heterocycles. The Labute approximate surface area is 157 Å². The minimum absolute atomic E-state index is 0. The summed E-state index contributed by atoms with van der Waals surface area (Å²) in [6.45, 7) is 4.30. The summed E-state index contributed by atoms with van der Waals surface area (Å²) in [5, 5.41) is 0. The quantitative estimate of drug-likeness (QED) is 0.688. The standard InChI is InChI=1S/C20H28ClNO.ClH/c21-20(18-8-4-5-9-18,17-6-2-1-3-7-17)15-23-19-14-22-12-10-16(19)11-13-22;/h1-3,6-7,16,18-19H,4-5,8-15H2;1H. The largest absolute Gasteiger partial charge is 0.374 e. The molecule has 0 N–H and O–H groups in total. The fourth-order valence-corrected chi connectivity index (χ4v) is 5.27. The molecule has 3 aliphatic heterocycles. The molecule has 1 aromatic rings. The molecule has 0 spiro atoms. The van der Waals surface area contributed by atoms with Gasteiger partial charge in [0.15, 0.2) is 0 Å². The second kappa shape index (κ2) is 7.95. The van der Waals surface area contributed by atoms with Crippen molar-refractivity contribution in [3.63, 3.8) is 0 Å². The molecule has 2 nitrogen and oxygen atoms in total. The van der Waals surface area contributed by atoms with Crippen LogP contribution in [-0.4, -0.2) is 37.2 Å². The molecule has 1 saturated carbocycles. The third kappa shape index (κ3) is 3.62. The Morgan fingerprint density at radius 2 is 1.71 bits per heavy atom. The highest BCUT2D eigenvalue weighted by atomic mass is 35.5. The number of hydrogen-bond donors (Lipinski definition) is 0. The second-order valence-corrected chi connectivity index (χ2v) is 8.37. The van der Waals surface area contributed by atoms with Gasteiger partial charge in [0, 0.05) is 6.54 Å². The van der Waals surface area contributed by atoms with E-state index in [0.29, 0.717) is 18.6 Å². The minimum Gasteiger partial charge on any atom is -0.374 e. The number of nitrogens with zero attached hydrogens (tertiary/aromatic N) is 1. The summed E-state index contributed by atoms with van der Waals surface area (Å²) in [5.74, 6) is 1.30. The molecular weight excluding hydrogens is 341 g/mol. The molecule has 3 heterocycles. The van der Waals surface area contributed by atoms with Crippen molar-refractivity contribution in [2.75, 3.05) is 26.2 Å². The maximum absolute atomic E-state index is 7.25. The van der Waals surface area contributed by atoms with Crippen LogP contribution in [0.2, 0.25) is 0 Å². The van der Waals surface area contributed by atoms with E-state index in [1.807, 2.05) is 0 Å². The van der Waals surface area contributed by atoms with Crippen LogP contribution in [0.5, 0.6) is 0 Å². The average Bonchev–Trinajstić information content (AvgIpc) is 3.17. The summed E-state index contributed by atoms with van der Waals surface area (Å²) < 4.78 is 6.48.